The van der Waals surface area contributed by atoms with E-state index in [1.165, 1.54) is 0 Å². The van der Waals surface area contributed by atoms with Gasteiger partial charge in [-0.15, -0.1) is 0 Å². The lowest BCUT2D eigenvalue weighted by atomic mass is 10.1. The zero-order valence-electron chi connectivity index (χ0n) is 7.27. The Kier molecular flexibility index (Phi) is 2.55. The molecule has 0 aromatic carbocycles. The standard InChI is InChI=1S/C8H12N2O2S/c11-5-6-3-7(12)10(4-6)8-9-1-2-13-8/h6,11H,1-5H2. The van der Waals surface area contributed by atoms with Gasteiger partial charge in [0.25, 0.3) is 0 Å². The van der Waals surface area contributed by atoms with E-state index in [0.29, 0.717) is 13.0 Å². The van der Waals surface area contributed by atoms with Crippen LogP contribution in [0.25, 0.3) is 0 Å². The average Bonchev–Trinajstić information content (AvgIpc) is 2.72. The van der Waals surface area contributed by atoms with Crippen LogP contribution in [0.4, 0.5) is 0 Å². The van der Waals surface area contributed by atoms with Gasteiger partial charge < -0.3 is 5.11 Å². The topological polar surface area (TPSA) is 52.9 Å². The molecular weight excluding hydrogens is 188 g/mol. The summed E-state index contributed by atoms with van der Waals surface area (Å²) in [4.78, 5) is 17.4. The van der Waals surface area contributed by atoms with Crippen molar-refractivity contribution < 1.29 is 9.90 Å². The van der Waals surface area contributed by atoms with Gasteiger partial charge in [0, 0.05) is 31.2 Å². The van der Waals surface area contributed by atoms with Crippen molar-refractivity contribution in [1.29, 1.82) is 0 Å². The minimum absolute atomic E-state index is 0.0974. The van der Waals surface area contributed by atoms with Crippen LogP contribution in [0, 0.1) is 5.92 Å². The summed E-state index contributed by atoms with van der Waals surface area (Å²) in [5.74, 6) is 1.19. The van der Waals surface area contributed by atoms with Gasteiger partial charge in [0.05, 0.1) is 6.54 Å². The Labute approximate surface area is 81.0 Å². The van der Waals surface area contributed by atoms with E-state index in [9.17, 15) is 4.79 Å². The second-order valence-corrected chi connectivity index (χ2v) is 4.33. The highest BCUT2D eigenvalue weighted by atomic mass is 32.2. The highest BCUT2D eigenvalue weighted by Gasteiger charge is 2.33. The monoisotopic (exact) mass is 200 g/mol. The van der Waals surface area contributed by atoms with Crippen LogP contribution in [0.15, 0.2) is 4.99 Å². The molecule has 2 rings (SSSR count). The summed E-state index contributed by atoms with van der Waals surface area (Å²) in [6, 6.07) is 0. The van der Waals surface area contributed by atoms with E-state index in [0.717, 1.165) is 17.5 Å². The fourth-order valence-corrected chi connectivity index (χ4v) is 2.46. The number of amidine groups is 1. The molecule has 0 spiro atoms. The molecule has 13 heavy (non-hydrogen) atoms. The molecule has 0 aromatic rings. The van der Waals surface area contributed by atoms with Gasteiger partial charge in [0.2, 0.25) is 5.91 Å². The number of thioether (sulfide) groups is 1. The van der Waals surface area contributed by atoms with Crippen molar-refractivity contribution in [2.45, 2.75) is 6.42 Å². The summed E-state index contributed by atoms with van der Waals surface area (Å²) in [5, 5.41) is 9.77. The number of hydrogen-bond acceptors (Lipinski definition) is 4. The van der Waals surface area contributed by atoms with Gasteiger partial charge >= 0.3 is 0 Å². The smallest absolute Gasteiger partial charge is 0.228 e. The van der Waals surface area contributed by atoms with E-state index in [1.807, 2.05) is 0 Å². The van der Waals surface area contributed by atoms with E-state index in [-0.39, 0.29) is 18.4 Å². The van der Waals surface area contributed by atoms with Gasteiger partial charge in [-0.3, -0.25) is 14.7 Å². The summed E-state index contributed by atoms with van der Waals surface area (Å²) in [6.45, 7) is 1.55. The molecule has 72 valence electrons. The van der Waals surface area contributed by atoms with Gasteiger partial charge in [-0.05, 0) is 0 Å². The van der Waals surface area contributed by atoms with Crippen LogP contribution in [-0.4, -0.2) is 46.5 Å². The Bertz CT molecular complexity index is 255. The first-order chi connectivity index (χ1) is 6.31. The lowest BCUT2D eigenvalue weighted by Gasteiger charge is -2.14. The van der Waals surface area contributed by atoms with E-state index >= 15 is 0 Å². The maximum absolute atomic E-state index is 11.5. The average molecular weight is 200 g/mol. The molecule has 2 aliphatic heterocycles. The summed E-state index contributed by atoms with van der Waals surface area (Å²) in [7, 11) is 0. The zero-order chi connectivity index (χ0) is 9.26. The van der Waals surface area contributed by atoms with Crippen molar-refractivity contribution in [2.75, 3.05) is 25.4 Å². The van der Waals surface area contributed by atoms with Gasteiger partial charge in [-0.25, -0.2) is 0 Å². The highest BCUT2D eigenvalue weighted by molar-refractivity contribution is 8.14. The molecule has 0 aliphatic carbocycles. The van der Waals surface area contributed by atoms with Gasteiger partial charge in [0.15, 0.2) is 5.17 Å². The first kappa shape index (κ1) is 9.02. The first-order valence-electron chi connectivity index (χ1n) is 4.39. The number of aliphatic imine (C=N–C) groups is 1. The fourth-order valence-electron chi connectivity index (χ4n) is 1.58. The van der Waals surface area contributed by atoms with Crippen molar-refractivity contribution in [3.8, 4) is 0 Å². The van der Waals surface area contributed by atoms with Crippen molar-refractivity contribution in [2.24, 2.45) is 10.9 Å². The van der Waals surface area contributed by atoms with E-state index in [1.54, 1.807) is 16.7 Å². The van der Waals surface area contributed by atoms with Gasteiger partial charge in [0.1, 0.15) is 0 Å². The summed E-state index contributed by atoms with van der Waals surface area (Å²) in [5.41, 5.74) is 0. The normalized spacial score (nSPS) is 28.4. The molecule has 1 unspecified atom stereocenters. The molecule has 0 bridgehead atoms. The van der Waals surface area contributed by atoms with E-state index in [2.05, 4.69) is 4.99 Å². The van der Waals surface area contributed by atoms with Crippen molar-refractivity contribution in [3.63, 3.8) is 0 Å². The molecule has 1 fully saturated rings. The molecule has 1 atom stereocenters. The van der Waals surface area contributed by atoms with E-state index < -0.39 is 0 Å². The minimum atomic E-state index is 0.0974. The lowest BCUT2D eigenvalue weighted by Crippen LogP contribution is -2.29. The third-order valence-electron chi connectivity index (χ3n) is 2.26. The predicted octanol–water partition coefficient (Wildman–Crippen LogP) is -0.0700. The summed E-state index contributed by atoms with van der Waals surface area (Å²) >= 11 is 1.63. The van der Waals surface area contributed by atoms with E-state index in [4.69, 9.17) is 5.11 Å². The quantitative estimate of drug-likeness (QED) is 0.644. The molecule has 4 nitrogen and oxygen atoms in total. The number of carbonyl (C=O) groups is 1. The van der Waals surface area contributed by atoms with Crippen molar-refractivity contribution in [3.05, 3.63) is 0 Å². The molecule has 0 radical (unpaired) electrons. The summed E-state index contributed by atoms with van der Waals surface area (Å²) in [6.07, 6.45) is 0.468. The van der Waals surface area contributed by atoms with Crippen LogP contribution >= 0.6 is 11.8 Å². The number of nitrogens with zero attached hydrogens (tertiary/aromatic N) is 2. The number of likely N-dealkylation sites (tertiary alicyclic amines) is 1. The SMILES string of the molecule is O=C1CC(CO)CN1C1=NCCS1. The number of hydrogen-bond donors (Lipinski definition) is 1. The van der Waals surface area contributed by atoms with Gasteiger partial charge in [-0.1, -0.05) is 11.8 Å². The molecule has 1 N–H and O–H groups in total. The number of aliphatic hydroxyl groups is 1. The maximum atomic E-state index is 11.5. The molecule has 1 amide bonds. The van der Waals surface area contributed by atoms with Gasteiger partial charge in [-0.2, -0.15) is 0 Å². The molecule has 0 aromatic heterocycles. The zero-order valence-corrected chi connectivity index (χ0v) is 8.09. The molecule has 0 saturated carbocycles. The molecule has 2 aliphatic rings. The number of aliphatic hydroxyl groups excluding tert-OH is 1. The van der Waals surface area contributed by atoms with Crippen LogP contribution in [-0.2, 0) is 4.79 Å². The van der Waals surface area contributed by atoms with Crippen molar-refractivity contribution >= 4 is 22.8 Å². The maximum Gasteiger partial charge on any atom is 0.228 e. The van der Waals surface area contributed by atoms with Crippen LogP contribution in [0.5, 0.6) is 0 Å². The van der Waals surface area contributed by atoms with Crippen LogP contribution in [0.3, 0.4) is 0 Å². The predicted molar refractivity (Wildman–Crippen MR) is 51.7 cm³/mol. The highest BCUT2D eigenvalue weighted by Crippen LogP contribution is 2.24. The number of amides is 1. The minimum Gasteiger partial charge on any atom is -0.396 e. The third-order valence-corrected chi connectivity index (χ3v) is 3.26. The van der Waals surface area contributed by atoms with Crippen molar-refractivity contribution in [1.82, 2.24) is 4.90 Å². The molecular formula is C8H12N2O2S. The third kappa shape index (κ3) is 1.71. The fraction of sp³-hybridized carbons (Fsp3) is 0.750. The summed E-state index contributed by atoms with van der Waals surface area (Å²) < 4.78 is 0. The molecule has 2 heterocycles. The Hall–Kier alpha value is -0.550. The number of rotatable bonds is 1. The first-order valence-corrected chi connectivity index (χ1v) is 5.38. The Morgan fingerprint density at radius 1 is 1.69 bits per heavy atom. The second-order valence-electron chi connectivity index (χ2n) is 3.27. The lowest BCUT2D eigenvalue weighted by molar-refractivity contribution is -0.124. The second kappa shape index (κ2) is 3.67. The van der Waals surface area contributed by atoms with Crippen LogP contribution < -0.4 is 0 Å². The molecule has 5 heteroatoms. The largest absolute Gasteiger partial charge is 0.396 e. The Morgan fingerprint density at radius 3 is 3.08 bits per heavy atom. The van der Waals surface area contributed by atoms with Crippen LogP contribution in [0.2, 0.25) is 0 Å². The van der Waals surface area contributed by atoms with Crippen LogP contribution in [0.1, 0.15) is 6.42 Å². The number of carbonyl (C=O) groups excluding carboxylic acids is 1. The molecule has 1 saturated heterocycles. The Balaban J connectivity index is 2.04. The Morgan fingerprint density at radius 2 is 2.54 bits per heavy atom.